The van der Waals surface area contributed by atoms with Crippen molar-refractivity contribution in [1.82, 2.24) is 9.80 Å². The Morgan fingerprint density at radius 2 is 1.85 bits per heavy atom. The topological polar surface area (TPSA) is 81.1 Å². The Kier molecular flexibility index (Phi) is 3.10. The van der Waals surface area contributed by atoms with Crippen LogP contribution in [-0.4, -0.2) is 63.3 Å². The molecule has 2 aliphatic heterocycles. The van der Waals surface area contributed by atoms with Gasteiger partial charge in [0.1, 0.15) is 0 Å². The average molecular weight is 276 g/mol. The summed E-state index contributed by atoms with van der Waals surface area (Å²) in [6, 6.07) is 8.14. The second-order valence-corrected chi connectivity index (χ2v) is 5.21. The molecule has 6 heteroatoms. The molecule has 0 saturated carbocycles. The van der Waals surface area contributed by atoms with Gasteiger partial charge in [-0.15, -0.1) is 0 Å². The highest BCUT2D eigenvalue weighted by atomic mass is 16.4. The summed E-state index contributed by atoms with van der Waals surface area (Å²) in [4.78, 5) is 26.5. The van der Waals surface area contributed by atoms with Crippen LogP contribution in [0.3, 0.4) is 0 Å². The highest BCUT2D eigenvalue weighted by Crippen LogP contribution is 2.32. The number of carbonyl (C=O) groups is 2. The van der Waals surface area contributed by atoms with Gasteiger partial charge in [0, 0.05) is 18.7 Å². The van der Waals surface area contributed by atoms with Crippen molar-refractivity contribution < 1.29 is 19.8 Å². The van der Waals surface area contributed by atoms with Crippen LogP contribution in [-0.2, 0) is 0 Å². The number of carboxylic acid groups (broad SMARTS) is 1. The molecule has 1 aromatic carbocycles. The van der Waals surface area contributed by atoms with Crippen LogP contribution in [0.5, 0.6) is 0 Å². The molecule has 2 fully saturated rings. The lowest BCUT2D eigenvalue weighted by Crippen LogP contribution is -2.44. The molecule has 20 heavy (non-hydrogen) atoms. The first-order valence-electron chi connectivity index (χ1n) is 6.63. The standard InChI is InChI=1S/C14H16N2O4/c17-11-8-16(13(18)9-4-2-1-3-5-9)10-6-7-15(12(10)11)14(19)20/h1-5,10-12,17H,6-8H2,(H,19,20). The zero-order valence-corrected chi connectivity index (χ0v) is 10.8. The molecule has 106 valence electrons. The van der Waals surface area contributed by atoms with Crippen LogP contribution in [0.4, 0.5) is 4.79 Å². The van der Waals surface area contributed by atoms with E-state index in [1.807, 2.05) is 6.07 Å². The molecule has 1 aromatic rings. The summed E-state index contributed by atoms with van der Waals surface area (Å²) < 4.78 is 0. The van der Waals surface area contributed by atoms with Crippen molar-refractivity contribution in [3.8, 4) is 0 Å². The van der Waals surface area contributed by atoms with Gasteiger partial charge in [0.15, 0.2) is 0 Å². The summed E-state index contributed by atoms with van der Waals surface area (Å²) in [5.74, 6) is -0.149. The largest absolute Gasteiger partial charge is 0.465 e. The lowest BCUT2D eigenvalue weighted by atomic mass is 10.1. The first-order chi connectivity index (χ1) is 9.59. The lowest BCUT2D eigenvalue weighted by molar-refractivity contribution is 0.0712. The fourth-order valence-corrected chi connectivity index (χ4v) is 3.25. The van der Waals surface area contributed by atoms with Crippen molar-refractivity contribution in [2.45, 2.75) is 24.6 Å². The minimum Gasteiger partial charge on any atom is -0.465 e. The van der Waals surface area contributed by atoms with Gasteiger partial charge < -0.3 is 20.0 Å². The normalized spacial score (nSPS) is 28.6. The third-order valence-corrected chi connectivity index (χ3v) is 4.13. The van der Waals surface area contributed by atoms with E-state index < -0.39 is 18.2 Å². The number of hydrogen-bond acceptors (Lipinski definition) is 3. The molecule has 3 atom stereocenters. The van der Waals surface area contributed by atoms with Crippen LogP contribution in [0.15, 0.2) is 30.3 Å². The monoisotopic (exact) mass is 276 g/mol. The van der Waals surface area contributed by atoms with Crippen molar-refractivity contribution in [2.75, 3.05) is 13.1 Å². The van der Waals surface area contributed by atoms with Crippen LogP contribution in [0, 0.1) is 0 Å². The molecule has 0 aromatic heterocycles. The van der Waals surface area contributed by atoms with E-state index in [0.717, 1.165) is 0 Å². The molecule has 2 heterocycles. The molecule has 3 rings (SSSR count). The van der Waals surface area contributed by atoms with Crippen LogP contribution in [0.25, 0.3) is 0 Å². The molecule has 2 aliphatic rings. The molecule has 2 amide bonds. The van der Waals surface area contributed by atoms with Crippen LogP contribution in [0.1, 0.15) is 16.8 Å². The van der Waals surface area contributed by atoms with E-state index in [-0.39, 0.29) is 18.5 Å². The van der Waals surface area contributed by atoms with E-state index in [0.29, 0.717) is 18.5 Å². The van der Waals surface area contributed by atoms with E-state index in [4.69, 9.17) is 5.11 Å². The third-order valence-electron chi connectivity index (χ3n) is 4.13. The minimum absolute atomic E-state index is 0.149. The van der Waals surface area contributed by atoms with E-state index in [2.05, 4.69) is 0 Å². The molecule has 0 bridgehead atoms. The predicted molar refractivity (Wildman–Crippen MR) is 70.4 cm³/mol. The fraction of sp³-hybridized carbons (Fsp3) is 0.429. The molecular formula is C14H16N2O4. The molecule has 2 N–H and O–H groups in total. The zero-order valence-electron chi connectivity index (χ0n) is 10.8. The maximum atomic E-state index is 12.5. The van der Waals surface area contributed by atoms with Gasteiger partial charge in [0.05, 0.1) is 18.2 Å². The molecule has 0 aliphatic carbocycles. The zero-order chi connectivity index (χ0) is 14.3. The van der Waals surface area contributed by atoms with Gasteiger partial charge >= 0.3 is 6.09 Å². The fourth-order valence-electron chi connectivity index (χ4n) is 3.25. The van der Waals surface area contributed by atoms with E-state index in [1.54, 1.807) is 29.2 Å². The summed E-state index contributed by atoms with van der Waals surface area (Å²) >= 11 is 0. The number of β-amino-alcohol motifs (C(OH)–C–C–N with tert-alkyl or cyclic N) is 1. The van der Waals surface area contributed by atoms with E-state index >= 15 is 0 Å². The van der Waals surface area contributed by atoms with Gasteiger partial charge in [-0.1, -0.05) is 18.2 Å². The van der Waals surface area contributed by atoms with Crippen molar-refractivity contribution in [3.63, 3.8) is 0 Å². The summed E-state index contributed by atoms with van der Waals surface area (Å²) in [5, 5.41) is 19.2. The average Bonchev–Trinajstić information content (AvgIpc) is 3.01. The number of hydrogen-bond donors (Lipinski definition) is 2. The summed E-state index contributed by atoms with van der Waals surface area (Å²) in [6.45, 7) is 0.549. The Balaban J connectivity index is 1.84. The Morgan fingerprint density at radius 1 is 1.15 bits per heavy atom. The van der Waals surface area contributed by atoms with Gasteiger partial charge in [-0.3, -0.25) is 4.79 Å². The quantitative estimate of drug-likeness (QED) is 0.788. The predicted octanol–water partition coefficient (Wildman–Crippen LogP) is 0.624. The van der Waals surface area contributed by atoms with Crippen molar-refractivity contribution in [2.24, 2.45) is 0 Å². The highest BCUT2D eigenvalue weighted by molar-refractivity contribution is 5.94. The number of fused-ring (bicyclic) bond motifs is 1. The number of aliphatic hydroxyl groups excluding tert-OH is 1. The molecule has 2 saturated heterocycles. The molecule has 0 spiro atoms. The molecular weight excluding hydrogens is 260 g/mol. The highest BCUT2D eigenvalue weighted by Gasteiger charge is 2.51. The Labute approximate surface area is 116 Å². The summed E-state index contributed by atoms with van der Waals surface area (Å²) in [5.41, 5.74) is 0.564. The Hall–Kier alpha value is -2.08. The minimum atomic E-state index is -1.04. The second kappa shape index (κ2) is 4.79. The van der Waals surface area contributed by atoms with Crippen molar-refractivity contribution >= 4 is 12.0 Å². The number of rotatable bonds is 1. The van der Waals surface area contributed by atoms with Gasteiger partial charge in [0.25, 0.3) is 5.91 Å². The SMILES string of the molecule is O=C(c1ccccc1)N1CC(O)C2C1CCN2C(=O)O. The number of benzene rings is 1. The third kappa shape index (κ3) is 1.92. The van der Waals surface area contributed by atoms with E-state index in [1.165, 1.54) is 4.90 Å². The Bertz CT molecular complexity index is 533. The summed E-state index contributed by atoms with van der Waals surface area (Å²) in [6.07, 6.45) is -1.27. The van der Waals surface area contributed by atoms with Gasteiger partial charge in [-0.2, -0.15) is 0 Å². The van der Waals surface area contributed by atoms with Gasteiger partial charge in [0.2, 0.25) is 0 Å². The maximum Gasteiger partial charge on any atom is 0.407 e. The molecule has 0 radical (unpaired) electrons. The van der Waals surface area contributed by atoms with E-state index in [9.17, 15) is 14.7 Å². The number of carbonyl (C=O) groups excluding carboxylic acids is 1. The number of nitrogens with zero attached hydrogens (tertiary/aromatic N) is 2. The molecule has 6 nitrogen and oxygen atoms in total. The molecule has 3 unspecified atom stereocenters. The van der Waals surface area contributed by atoms with Gasteiger partial charge in [-0.25, -0.2) is 4.79 Å². The number of amides is 2. The first kappa shape index (κ1) is 12.9. The van der Waals surface area contributed by atoms with Gasteiger partial charge in [-0.05, 0) is 18.6 Å². The van der Waals surface area contributed by atoms with Crippen LogP contribution < -0.4 is 0 Å². The van der Waals surface area contributed by atoms with Crippen molar-refractivity contribution in [3.05, 3.63) is 35.9 Å². The van der Waals surface area contributed by atoms with Crippen LogP contribution in [0.2, 0.25) is 0 Å². The second-order valence-electron chi connectivity index (χ2n) is 5.21. The van der Waals surface area contributed by atoms with Crippen molar-refractivity contribution in [1.29, 1.82) is 0 Å². The maximum absolute atomic E-state index is 12.5. The number of likely N-dealkylation sites (tertiary alicyclic amines) is 2. The smallest absolute Gasteiger partial charge is 0.407 e. The Morgan fingerprint density at radius 3 is 2.50 bits per heavy atom. The van der Waals surface area contributed by atoms with Crippen LogP contribution >= 0.6 is 0 Å². The lowest BCUT2D eigenvalue weighted by Gasteiger charge is -2.24. The summed E-state index contributed by atoms with van der Waals surface area (Å²) in [7, 11) is 0. The first-order valence-corrected chi connectivity index (χ1v) is 6.63. The number of aliphatic hydroxyl groups is 1.